The quantitative estimate of drug-likeness (QED) is 0.900. The Morgan fingerprint density at radius 1 is 1.44 bits per heavy atom. The van der Waals surface area contributed by atoms with Crippen molar-refractivity contribution in [3.8, 4) is 0 Å². The zero-order chi connectivity index (χ0) is 13.3. The van der Waals surface area contributed by atoms with E-state index in [0.717, 1.165) is 5.39 Å². The fraction of sp³-hybridized carbons (Fsp3) is 0.385. The van der Waals surface area contributed by atoms with Crippen LogP contribution in [0.25, 0.3) is 11.0 Å². The molecular weight excluding hydrogens is 232 g/mol. The minimum absolute atomic E-state index is 0.0515. The molecule has 0 aromatic carbocycles. The molecule has 0 unspecified atom stereocenters. The van der Waals surface area contributed by atoms with E-state index in [-0.39, 0.29) is 11.2 Å². The molecule has 0 saturated heterocycles. The summed E-state index contributed by atoms with van der Waals surface area (Å²) in [6, 6.07) is 5.20. The molecule has 5 heteroatoms. The first-order valence-electron chi connectivity index (χ1n) is 5.66. The van der Waals surface area contributed by atoms with Crippen molar-refractivity contribution < 1.29 is 14.6 Å². The first-order valence-corrected chi connectivity index (χ1v) is 5.66. The molecule has 96 valence electrons. The van der Waals surface area contributed by atoms with Gasteiger partial charge in [-0.1, -0.05) is 0 Å². The molecule has 0 aliphatic heterocycles. The summed E-state index contributed by atoms with van der Waals surface area (Å²) in [5, 5.41) is 9.90. The molecule has 0 saturated carbocycles. The van der Waals surface area contributed by atoms with E-state index < -0.39 is 5.97 Å². The summed E-state index contributed by atoms with van der Waals surface area (Å²) in [5.41, 5.74) is 0.438. The molecule has 2 aromatic rings. The van der Waals surface area contributed by atoms with Gasteiger partial charge in [-0.2, -0.15) is 0 Å². The van der Waals surface area contributed by atoms with E-state index >= 15 is 0 Å². The minimum Gasteiger partial charge on any atom is -0.477 e. The van der Waals surface area contributed by atoms with E-state index in [1.807, 2.05) is 30.7 Å². The van der Waals surface area contributed by atoms with Crippen LogP contribution in [0.3, 0.4) is 0 Å². The van der Waals surface area contributed by atoms with Gasteiger partial charge in [-0.3, -0.25) is 0 Å². The molecule has 0 spiro atoms. The molecule has 0 atom stereocenters. The average molecular weight is 248 g/mol. The number of hydrogen-bond donors (Lipinski definition) is 1. The average Bonchev–Trinajstić information content (AvgIpc) is 2.71. The Morgan fingerprint density at radius 2 is 2.17 bits per heavy atom. The lowest BCUT2D eigenvalue weighted by Gasteiger charge is -2.26. The normalized spacial score (nSPS) is 11.9. The topological polar surface area (TPSA) is 64.3 Å². The zero-order valence-corrected chi connectivity index (χ0v) is 10.7. The molecule has 0 aliphatic carbocycles. The number of aromatic carboxylic acids is 1. The Bertz CT molecular complexity index is 587. The van der Waals surface area contributed by atoms with Crippen molar-refractivity contribution in [1.82, 2.24) is 9.55 Å². The van der Waals surface area contributed by atoms with Gasteiger partial charge in [0, 0.05) is 18.7 Å². The summed E-state index contributed by atoms with van der Waals surface area (Å²) in [7, 11) is 1.64. The molecule has 2 rings (SSSR count). The molecule has 0 fully saturated rings. The predicted octanol–water partition coefficient (Wildman–Crippen LogP) is 2.12. The highest BCUT2D eigenvalue weighted by molar-refractivity contribution is 5.89. The number of nitrogens with zero attached hydrogens (tertiary/aromatic N) is 2. The third-order valence-corrected chi connectivity index (χ3v) is 2.91. The molecule has 5 nitrogen and oxygen atoms in total. The highest BCUT2D eigenvalue weighted by Crippen LogP contribution is 2.23. The Hall–Kier alpha value is -1.88. The summed E-state index contributed by atoms with van der Waals surface area (Å²) in [4.78, 5) is 15.1. The van der Waals surface area contributed by atoms with E-state index in [0.29, 0.717) is 12.3 Å². The standard InChI is InChI=1S/C13H16N2O3/c1-13(2,8-18-3)15-7-6-9-4-5-10(12(16)17)14-11(9)15/h4-7H,8H2,1-3H3,(H,16,17). The van der Waals surface area contributed by atoms with Gasteiger partial charge in [-0.05, 0) is 32.0 Å². The third kappa shape index (κ3) is 2.09. The number of pyridine rings is 1. The van der Waals surface area contributed by atoms with Gasteiger partial charge in [-0.25, -0.2) is 9.78 Å². The van der Waals surface area contributed by atoms with Crippen molar-refractivity contribution in [2.75, 3.05) is 13.7 Å². The monoisotopic (exact) mass is 248 g/mol. The SMILES string of the molecule is COCC(C)(C)n1ccc2ccc(C(=O)O)nc21. The van der Waals surface area contributed by atoms with Crippen molar-refractivity contribution in [1.29, 1.82) is 0 Å². The molecule has 0 amide bonds. The lowest BCUT2D eigenvalue weighted by Crippen LogP contribution is -2.31. The van der Waals surface area contributed by atoms with E-state index in [1.54, 1.807) is 13.2 Å². The van der Waals surface area contributed by atoms with Crippen LogP contribution in [0.2, 0.25) is 0 Å². The molecule has 2 heterocycles. The summed E-state index contributed by atoms with van der Waals surface area (Å²) >= 11 is 0. The number of ether oxygens (including phenoxy) is 1. The van der Waals surface area contributed by atoms with Crippen molar-refractivity contribution in [2.24, 2.45) is 0 Å². The van der Waals surface area contributed by atoms with Gasteiger partial charge in [0.25, 0.3) is 0 Å². The molecule has 2 aromatic heterocycles. The van der Waals surface area contributed by atoms with Gasteiger partial charge >= 0.3 is 5.97 Å². The number of fused-ring (bicyclic) bond motifs is 1. The summed E-state index contributed by atoms with van der Waals surface area (Å²) in [6.07, 6.45) is 1.91. The summed E-state index contributed by atoms with van der Waals surface area (Å²) in [6.45, 7) is 4.56. The lowest BCUT2D eigenvalue weighted by molar-refractivity contribution is 0.0690. The third-order valence-electron chi connectivity index (χ3n) is 2.91. The Labute approximate surface area is 105 Å². The van der Waals surface area contributed by atoms with Crippen molar-refractivity contribution >= 4 is 17.0 Å². The van der Waals surface area contributed by atoms with Gasteiger partial charge in [0.1, 0.15) is 5.65 Å². The van der Waals surface area contributed by atoms with Gasteiger partial charge in [0.05, 0.1) is 12.1 Å². The Morgan fingerprint density at radius 3 is 2.78 bits per heavy atom. The largest absolute Gasteiger partial charge is 0.477 e. The second kappa shape index (κ2) is 4.42. The van der Waals surface area contributed by atoms with Crippen LogP contribution in [0.5, 0.6) is 0 Å². The highest BCUT2D eigenvalue weighted by atomic mass is 16.5. The maximum atomic E-state index is 11.0. The van der Waals surface area contributed by atoms with E-state index in [4.69, 9.17) is 9.84 Å². The maximum absolute atomic E-state index is 11.0. The fourth-order valence-corrected chi connectivity index (χ4v) is 2.04. The number of carboxylic acid groups (broad SMARTS) is 1. The molecular formula is C13H16N2O3. The molecule has 0 radical (unpaired) electrons. The van der Waals surface area contributed by atoms with E-state index in [1.165, 1.54) is 6.07 Å². The first-order chi connectivity index (χ1) is 8.45. The minimum atomic E-state index is -1.02. The van der Waals surface area contributed by atoms with Crippen molar-refractivity contribution in [3.63, 3.8) is 0 Å². The van der Waals surface area contributed by atoms with Crippen LogP contribution in [0.1, 0.15) is 24.3 Å². The highest BCUT2D eigenvalue weighted by Gasteiger charge is 2.22. The van der Waals surface area contributed by atoms with Crippen LogP contribution >= 0.6 is 0 Å². The fourth-order valence-electron chi connectivity index (χ4n) is 2.04. The lowest BCUT2D eigenvalue weighted by atomic mass is 10.1. The second-order valence-corrected chi connectivity index (χ2v) is 4.85. The molecule has 1 N–H and O–H groups in total. The number of aromatic nitrogens is 2. The van der Waals surface area contributed by atoms with Gasteiger partial charge in [-0.15, -0.1) is 0 Å². The predicted molar refractivity (Wildman–Crippen MR) is 67.9 cm³/mol. The van der Waals surface area contributed by atoms with Crippen molar-refractivity contribution in [3.05, 3.63) is 30.1 Å². The Kier molecular flexibility index (Phi) is 3.09. The van der Waals surface area contributed by atoms with Crippen LogP contribution < -0.4 is 0 Å². The Balaban J connectivity index is 2.58. The van der Waals surface area contributed by atoms with Gasteiger partial charge in [0.15, 0.2) is 5.69 Å². The molecule has 0 bridgehead atoms. The van der Waals surface area contributed by atoms with Gasteiger partial charge in [0.2, 0.25) is 0 Å². The molecule has 0 aliphatic rings. The number of carboxylic acids is 1. The zero-order valence-electron chi connectivity index (χ0n) is 10.7. The van der Waals surface area contributed by atoms with Crippen LogP contribution in [0.4, 0.5) is 0 Å². The van der Waals surface area contributed by atoms with E-state index in [9.17, 15) is 4.79 Å². The second-order valence-electron chi connectivity index (χ2n) is 4.85. The smallest absolute Gasteiger partial charge is 0.354 e. The first kappa shape index (κ1) is 12.6. The molecule has 18 heavy (non-hydrogen) atoms. The van der Waals surface area contributed by atoms with Crippen LogP contribution in [-0.2, 0) is 10.3 Å². The van der Waals surface area contributed by atoms with Crippen LogP contribution in [0, 0.1) is 0 Å². The summed E-state index contributed by atoms with van der Waals surface area (Å²) < 4.78 is 7.13. The van der Waals surface area contributed by atoms with Crippen molar-refractivity contribution in [2.45, 2.75) is 19.4 Å². The maximum Gasteiger partial charge on any atom is 0.354 e. The number of rotatable bonds is 4. The van der Waals surface area contributed by atoms with E-state index in [2.05, 4.69) is 4.98 Å². The van der Waals surface area contributed by atoms with Crippen LogP contribution in [0.15, 0.2) is 24.4 Å². The number of methoxy groups -OCH3 is 1. The van der Waals surface area contributed by atoms with Gasteiger partial charge < -0.3 is 14.4 Å². The van der Waals surface area contributed by atoms with Crippen LogP contribution in [-0.4, -0.2) is 34.3 Å². The summed E-state index contributed by atoms with van der Waals surface area (Å²) in [5.74, 6) is -1.02. The number of hydrogen-bond acceptors (Lipinski definition) is 3. The number of carbonyl (C=O) groups is 1.